The SMILES string of the molecule is Cc1nc2ncnn2c(C)c1CCC(=O)NN(Cc1ccccc1)Cc1ccccc1. The van der Waals surface area contributed by atoms with Gasteiger partial charge in [0.25, 0.3) is 5.78 Å². The second kappa shape index (κ2) is 9.49. The number of hydrazine groups is 1. The van der Waals surface area contributed by atoms with Gasteiger partial charge in [0.15, 0.2) is 0 Å². The van der Waals surface area contributed by atoms with E-state index in [1.807, 2.05) is 55.3 Å². The minimum Gasteiger partial charge on any atom is -0.288 e. The number of aromatic nitrogens is 4. The molecule has 0 unspecified atom stereocenters. The van der Waals surface area contributed by atoms with Crippen LogP contribution < -0.4 is 5.43 Å². The summed E-state index contributed by atoms with van der Waals surface area (Å²) in [7, 11) is 0. The van der Waals surface area contributed by atoms with Crippen molar-refractivity contribution in [2.75, 3.05) is 0 Å². The molecule has 2 aromatic heterocycles. The van der Waals surface area contributed by atoms with Crippen molar-refractivity contribution >= 4 is 11.7 Å². The largest absolute Gasteiger partial charge is 0.288 e. The topological polar surface area (TPSA) is 75.4 Å². The van der Waals surface area contributed by atoms with E-state index in [4.69, 9.17) is 0 Å². The summed E-state index contributed by atoms with van der Waals surface area (Å²) in [5, 5.41) is 6.19. The van der Waals surface area contributed by atoms with Crippen molar-refractivity contribution in [1.82, 2.24) is 30.0 Å². The number of amides is 1. The summed E-state index contributed by atoms with van der Waals surface area (Å²) in [6.45, 7) is 5.20. The first-order valence-electron chi connectivity index (χ1n) is 10.4. The zero-order valence-electron chi connectivity index (χ0n) is 17.8. The Labute approximate surface area is 181 Å². The number of aryl methyl sites for hydroxylation is 2. The fourth-order valence-corrected chi connectivity index (χ4v) is 3.73. The van der Waals surface area contributed by atoms with Gasteiger partial charge in [0.05, 0.1) is 0 Å². The molecule has 7 heteroatoms. The fraction of sp³-hybridized carbons (Fsp3) is 0.250. The molecule has 4 rings (SSSR count). The van der Waals surface area contributed by atoms with E-state index >= 15 is 0 Å². The summed E-state index contributed by atoms with van der Waals surface area (Å²) in [6.07, 6.45) is 2.46. The molecule has 0 spiro atoms. The summed E-state index contributed by atoms with van der Waals surface area (Å²) >= 11 is 0. The van der Waals surface area contributed by atoms with E-state index in [9.17, 15) is 4.79 Å². The molecule has 158 valence electrons. The lowest BCUT2D eigenvalue weighted by Gasteiger charge is -2.23. The molecule has 0 aliphatic heterocycles. The third-order valence-corrected chi connectivity index (χ3v) is 5.31. The predicted octanol–water partition coefficient (Wildman–Crippen LogP) is 3.41. The Kier molecular flexibility index (Phi) is 6.33. The van der Waals surface area contributed by atoms with Crippen LogP contribution in [0.25, 0.3) is 5.78 Å². The molecule has 0 aliphatic carbocycles. The van der Waals surface area contributed by atoms with E-state index in [1.54, 1.807) is 4.52 Å². The number of rotatable bonds is 8. The van der Waals surface area contributed by atoms with Crippen molar-refractivity contribution in [1.29, 1.82) is 0 Å². The van der Waals surface area contributed by atoms with Crippen LogP contribution in [0, 0.1) is 13.8 Å². The normalized spacial score (nSPS) is 11.2. The maximum absolute atomic E-state index is 12.8. The van der Waals surface area contributed by atoms with Gasteiger partial charge in [0, 0.05) is 30.9 Å². The Morgan fingerprint density at radius 3 is 2.19 bits per heavy atom. The number of nitrogens with zero attached hydrogens (tertiary/aromatic N) is 5. The summed E-state index contributed by atoms with van der Waals surface area (Å²) in [5.74, 6) is 0.560. The maximum Gasteiger partial charge on any atom is 0.252 e. The van der Waals surface area contributed by atoms with E-state index in [0.717, 1.165) is 28.1 Å². The highest BCUT2D eigenvalue weighted by Gasteiger charge is 2.15. The second-order valence-electron chi connectivity index (χ2n) is 7.60. The molecular weight excluding hydrogens is 388 g/mol. The quantitative estimate of drug-likeness (QED) is 0.447. The average Bonchev–Trinajstić information content (AvgIpc) is 3.23. The number of benzene rings is 2. The Morgan fingerprint density at radius 1 is 0.968 bits per heavy atom. The molecule has 7 nitrogen and oxygen atoms in total. The molecule has 0 saturated heterocycles. The first kappa shape index (κ1) is 20.7. The molecule has 1 amide bonds. The van der Waals surface area contributed by atoms with Crippen LogP contribution in [-0.2, 0) is 24.3 Å². The van der Waals surface area contributed by atoms with Crippen LogP contribution in [0.15, 0.2) is 67.0 Å². The van der Waals surface area contributed by atoms with Crippen molar-refractivity contribution in [2.24, 2.45) is 0 Å². The van der Waals surface area contributed by atoms with Gasteiger partial charge >= 0.3 is 0 Å². The minimum atomic E-state index is -0.0238. The average molecular weight is 415 g/mol. The van der Waals surface area contributed by atoms with Crippen LogP contribution in [0.3, 0.4) is 0 Å². The zero-order chi connectivity index (χ0) is 21.6. The van der Waals surface area contributed by atoms with Crippen LogP contribution in [0.4, 0.5) is 0 Å². The van der Waals surface area contributed by atoms with E-state index in [1.165, 1.54) is 6.33 Å². The molecule has 4 aromatic rings. The lowest BCUT2D eigenvalue weighted by molar-refractivity contribution is -0.126. The number of hydrogen-bond donors (Lipinski definition) is 1. The number of hydrogen-bond acceptors (Lipinski definition) is 5. The number of fused-ring (bicyclic) bond motifs is 1. The molecule has 0 radical (unpaired) electrons. The zero-order valence-corrected chi connectivity index (χ0v) is 17.8. The van der Waals surface area contributed by atoms with Gasteiger partial charge in [-0.1, -0.05) is 60.7 Å². The molecule has 2 aromatic carbocycles. The van der Waals surface area contributed by atoms with Crippen LogP contribution in [0.1, 0.15) is 34.5 Å². The molecule has 0 atom stereocenters. The summed E-state index contributed by atoms with van der Waals surface area (Å²) in [6, 6.07) is 20.3. The van der Waals surface area contributed by atoms with Gasteiger partial charge in [-0.3, -0.25) is 10.2 Å². The van der Waals surface area contributed by atoms with E-state index < -0.39 is 0 Å². The second-order valence-corrected chi connectivity index (χ2v) is 7.60. The standard InChI is InChI=1S/C24H26N6O/c1-18-22(19(2)30-24(27-18)25-17-26-30)13-14-23(31)28-29(15-20-9-5-3-6-10-20)16-21-11-7-4-8-12-21/h3-12,17H,13-16H2,1-2H3,(H,28,31). The fourth-order valence-electron chi connectivity index (χ4n) is 3.73. The number of carbonyl (C=O) groups excluding carboxylic acids is 1. The molecule has 2 heterocycles. The summed E-state index contributed by atoms with van der Waals surface area (Å²) < 4.78 is 1.72. The number of carbonyl (C=O) groups is 1. The predicted molar refractivity (Wildman–Crippen MR) is 119 cm³/mol. The van der Waals surface area contributed by atoms with Crippen LogP contribution in [0.2, 0.25) is 0 Å². The molecular formula is C24H26N6O. The summed E-state index contributed by atoms with van der Waals surface area (Å²) in [4.78, 5) is 21.5. The smallest absolute Gasteiger partial charge is 0.252 e. The van der Waals surface area contributed by atoms with Crippen LogP contribution in [-0.4, -0.2) is 30.5 Å². The molecule has 1 N–H and O–H groups in total. The van der Waals surface area contributed by atoms with E-state index in [2.05, 4.69) is 44.8 Å². The highest BCUT2D eigenvalue weighted by atomic mass is 16.2. The highest BCUT2D eigenvalue weighted by Crippen LogP contribution is 2.15. The van der Waals surface area contributed by atoms with Crippen molar-refractivity contribution in [3.05, 3.63) is 95.1 Å². The third kappa shape index (κ3) is 5.13. The first-order chi connectivity index (χ1) is 15.1. The van der Waals surface area contributed by atoms with Gasteiger partial charge < -0.3 is 0 Å². The van der Waals surface area contributed by atoms with Crippen molar-refractivity contribution < 1.29 is 4.79 Å². The minimum absolute atomic E-state index is 0.0238. The lowest BCUT2D eigenvalue weighted by atomic mass is 10.1. The summed E-state index contributed by atoms with van der Waals surface area (Å²) in [5.41, 5.74) is 8.27. The van der Waals surface area contributed by atoms with Gasteiger partial charge in [0.2, 0.25) is 5.91 Å². The van der Waals surface area contributed by atoms with Crippen LogP contribution >= 0.6 is 0 Å². The van der Waals surface area contributed by atoms with Crippen molar-refractivity contribution in [3.8, 4) is 0 Å². The number of nitrogens with one attached hydrogen (secondary N) is 1. The van der Waals surface area contributed by atoms with E-state index in [0.29, 0.717) is 31.7 Å². The maximum atomic E-state index is 12.8. The first-order valence-corrected chi connectivity index (χ1v) is 10.4. The van der Waals surface area contributed by atoms with Gasteiger partial charge in [-0.15, -0.1) is 0 Å². The van der Waals surface area contributed by atoms with Crippen LogP contribution in [0.5, 0.6) is 0 Å². The van der Waals surface area contributed by atoms with Crippen molar-refractivity contribution in [2.45, 2.75) is 39.8 Å². The lowest BCUT2D eigenvalue weighted by Crippen LogP contribution is -2.41. The van der Waals surface area contributed by atoms with Gasteiger partial charge in [-0.2, -0.15) is 10.1 Å². The van der Waals surface area contributed by atoms with E-state index in [-0.39, 0.29) is 5.91 Å². The molecule has 0 saturated carbocycles. The van der Waals surface area contributed by atoms with Gasteiger partial charge in [0.1, 0.15) is 6.33 Å². The molecule has 0 fully saturated rings. The Morgan fingerprint density at radius 2 is 1.58 bits per heavy atom. The highest BCUT2D eigenvalue weighted by molar-refractivity contribution is 5.75. The molecule has 31 heavy (non-hydrogen) atoms. The Hall–Kier alpha value is -3.58. The third-order valence-electron chi connectivity index (χ3n) is 5.31. The van der Waals surface area contributed by atoms with Gasteiger partial charge in [-0.05, 0) is 37.0 Å². The van der Waals surface area contributed by atoms with Crippen molar-refractivity contribution in [3.63, 3.8) is 0 Å². The molecule has 0 bridgehead atoms. The monoisotopic (exact) mass is 414 g/mol. The Balaban J connectivity index is 1.44. The Bertz CT molecular complexity index is 1120. The van der Waals surface area contributed by atoms with Gasteiger partial charge in [-0.25, -0.2) is 14.5 Å². The molecule has 0 aliphatic rings.